The first kappa shape index (κ1) is 55.5. The molecule has 0 radical (unpaired) electrons. The summed E-state index contributed by atoms with van der Waals surface area (Å²) >= 11 is 0. The largest absolute Gasteiger partial charge is 0.480 e. The molecule has 25 nitrogen and oxygen atoms in total. The smallest absolute Gasteiger partial charge is 0.343 e. The number of cyclic esters (lactones) is 1. The van der Waals surface area contributed by atoms with Crippen LogP contribution in [0.25, 0.3) is 22.3 Å². The molecule has 26 heteroatoms. The van der Waals surface area contributed by atoms with Crippen LogP contribution in [0, 0.1) is 12.7 Å². The highest BCUT2D eigenvalue weighted by atomic mass is 19.1. The number of halogens is 1. The van der Waals surface area contributed by atoms with E-state index in [0.29, 0.717) is 62.3 Å². The number of carbonyl (C=O) groups excluding carboxylic acids is 9. The molecule has 9 N–H and O–H groups in total. The number of amides is 8. The van der Waals surface area contributed by atoms with Crippen molar-refractivity contribution >= 4 is 70.1 Å². The molecule has 78 heavy (non-hydrogen) atoms. The zero-order chi connectivity index (χ0) is 56.2. The number of carboxylic acid groups (broad SMARTS) is 1. The summed E-state index contributed by atoms with van der Waals surface area (Å²) in [5, 5.41) is 38.4. The summed E-state index contributed by atoms with van der Waals surface area (Å²) < 4.78 is 27.8. The number of carbonyl (C=O) groups is 10. The Hall–Kier alpha value is -8.75. The monoisotopic (exact) mass is 1080 g/mol. The number of esters is 1. The molecule has 2 aromatic heterocycles. The van der Waals surface area contributed by atoms with E-state index in [2.05, 4.69) is 37.2 Å². The standard InChI is InChI=1S/C52H55FN10O15/c1-4-52(76)31-15-36-46-29(22-62(36)50(74)30(31)23-77-51(52)75)45-33(11-10-28-25(2)32(53)16-34(60-46)44(28)45)61-47(71)26(3)78-24-58-39(65)19-56-48(72)35(14-27-8-6-5-7-9-27)59-40(66)20-55-38(64)18-57-49(73)37(17-54-21-43(69)70)63-41(67)12-13-42(63)68/h5-9,12-13,15-16,26,33,35,37,54,76H,4,10-11,14,17-24H2,1-3H3,(H,55,64)(H,56,72)(H,57,73)(H,58,65)(H,59,66)(H,61,71)(H,69,70)/t26-,33+,35+,37-,52+/m1/s1. The maximum absolute atomic E-state index is 15.4. The van der Waals surface area contributed by atoms with Gasteiger partial charge in [0.1, 0.15) is 37.3 Å². The number of fused-ring (bicyclic) bond motifs is 5. The van der Waals surface area contributed by atoms with E-state index in [1.807, 2.05) is 0 Å². The Morgan fingerprint density at radius 2 is 1.55 bits per heavy atom. The molecule has 8 rings (SSSR count). The fourth-order valence-electron chi connectivity index (χ4n) is 9.83. The molecule has 5 heterocycles. The van der Waals surface area contributed by atoms with Gasteiger partial charge in [0.05, 0.1) is 61.2 Å². The summed E-state index contributed by atoms with van der Waals surface area (Å²) in [7, 11) is 0. The maximum Gasteiger partial charge on any atom is 0.343 e. The highest BCUT2D eigenvalue weighted by molar-refractivity contribution is 6.15. The number of aryl methyl sites for hydroxylation is 1. The van der Waals surface area contributed by atoms with Crippen LogP contribution in [0.1, 0.15) is 71.7 Å². The van der Waals surface area contributed by atoms with Gasteiger partial charge in [-0.2, -0.15) is 0 Å². The molecule has 1 aliphatic carbocycles. The highest BCUT2D eigenvalue weighted by Gasteiger charge is 2.46. The van der Waals surface area contributed by atoms with Gasteiger partial charge >= 0.3 is 11.9 Å². The maximum atomic E-state index is 15.4. The molecule has 0 fully saturated rings. The summed E-state index contributed by atoms with van der Waals surface area (Å²) in [4.78, 5) is 147. The highest BCUT2D eigenvalue weighted by Crippen LogP contribution is 2.46. The second-order valence-corrected chi connectivity index (χ2v) is 18.9. The van der Waals surface area contributed by atoms with E-state index >= 15 is 4.39 Å². The van der Waals surface area contributed by atoms with E-state index in [4.69, 9.17) is 19.6 Å². The van der Waals surface area contributed by atoms with Crippen molar-refractivity contribution in [1.29, 1.82) is 0 Å². The quantitative estimate of drug-likeness (QED) is 0.0209. The number of ether oxygens (including phenoxy) is 2. The Bertz CT molecular complexity index is 3260. The van der Waals surface area contributed by atoms with Gasteiger partial charge in [0, 0.05) is 47.7 Å². The molecule has 410 valence electrons. The Morgan fingerprint density at radius 3 is 2.24 bits per heavy atom. The van der Waals surface area contributed by atoms with Crippen molar-refractivity contribution in [2.24, 2.45) is 0 Å². The van der Waals surface area contributed by atoms with Crippen LogP contribution in [-0.2, 0) is 89.0 Å². The van der Waals surface area contributed by atoms with E-state index in [9.17, 15) is 57.8 Å². The Kier molecular flexibility index (Phi) is 16.5. The van der Waals surface area contributed by atoms with Gasteiger partial charge in [-0.15, -0.1) is 0 Å². The van der Waals surface area contributed by atoms with Crippen LogP contribution in [0.3, 0.4) is 0 Å². The minimum Gasteiger partial charge on any atom is -0.480 e. The summed E-state index contributed by atoms with van der Waals surface area (Å²) in [6.45, 7) is 0.932. The Balaban J connectivity index is 0.848. The number of hydrogen-bond donors (Lipinski definition) is 9. The molecule has 4 aromatic rings. The SMILES string of the molecule is CC[C@@]1(O)C(=O)OCc2c1cc1n(c2=O)Cc2c-1nc1cc(F)c(C)c3c1c2[C@@H](NC(=O)[C@@H](C)OCNC(=O)CNC(=O)[C@H](Cc1ccccc1)NC(=O)CNC(=O)CNC(=O)[C@@H](CNCC(=O)O)N1C(=O)C=CC1=O)CC3. The average Bonchev–Trinajstić information content (AvgIpc) is 4.15. The molecule has 0 saturated carbocycles. The van der Waals surface area contributed by atoms with Crippen molar-refractivity contribution < 1.29 is 72.0 Å². The lowest BCUT2D eigenvalue weighted by atomic mass is 9.81. The lowest BCUT2D eigenvalue weighted by Gasteiger charge is -2.31. The van der Waals surface area contributed by atoms with Crippen molar-refractivity contribution in [1.82, 2.24) is 51.7 Å². The molecule has 0 bridgehead atoms. The van der Waals surface area contributed by atoms with Crippen LogP contribution in [0.4, 0.5) is 4.39 Å². The number of aromatic nitrogens is 2. The van der Waals surface area contributed by atoms with E-state index in [1.165, 1.54) is 17.6 Å². The number of aliphatic hydroxyl groups is 1. The molecular formula is C52H55FN10O15. The number of pyridine rings is 2. The second-order valence-electron chi connectivity index (χ2n) is 18.9. The molecule has 0 saturated heterocycles. The van der Waals surface area contributed by atoms with E-state index in [0.717, 1.165) is 12.2 Å². The first-order valence-electron chi connectivity index (χ1n) is 24.8. The van der Waals surface area contributed by atoms with Crippen LogP contribution in [-0.4, -0.2) is 142 Å². The van der Waals surface area contributed by atoms with Crippen LogP contribution < -0.4 is 42.8 Å². The van der Waals surface area contributed by atoms with Crippen molar-refractivity contribution in [3.63, 3.8) is 0 Å². The topological polar surface area (TPSA) is 352 Å². The number of imide groups is 1. The minimum absolute atomic E-state index is 0.0285. The van der Waals surface area contributed by atoms with Crippen LogP contribution >= 0.6 is 0 Å². The predicted molar refractivity (Wildman–Crippen MR) is 268 cm³/mol. The van der Waals surface area contributed by atoms with Gasteiger partial charge < -0.3 is 61.5 Å². The zero-order valence-corrected chi connectivity index (χ0v) is 42.4. The third-order valence-electron chi connectivity index (χ3n) is 14.0. The van der Waals surface area contributed by atoms with Gasteiger partial charge in [-0.1, -0.05) is 37.3 Å². The number of hydrogen-bond acceptors (Lipinski definition) is 16. The summed E-state index contributed by atoms with van der Waals surface area (Å²) in [6.07, 6.45) is 1.33. The summed E-state index contributed by atoms with van der Waals surface area (Å²) in [5.74, 6) is -9.02. The third kappa shape index (κ3) is 11.5. The number of carboxylic acids is 1. The van der Waals surface area contributed by atoms with Crippen LogP contribution in [0.2, 0.25) is 0 Å². The lowest BCUT2D eigenvalue weighted by Crippen LogP contribution is -2.56. The van der Waals surface area contributed by atoms with Crippen molar-refractivity contribution in [3.05, 3.63) is 110 Å². The molecule has 0 spiro atoms. The van der Waals surface area contributed by atoms with Crippen LogP contribution in [0.5, 0.6) is 0 Å². The van der Waals surface area contributed by atoms with Crippen molar-refractivity contribution in [2.45, 2.75) is 89.4 Å². The van der Waals surface area contributed by atoms with Gasteiger partial charge in [0.15, 0.2) is 5.60 Å². The van der Waals surface area contributed by atoms with E-state index < -0.39 is 140 Å². The second kappa shape index (κ2) is 23.2. The number of nitrogens with zero attached hydrogens (tertiary/aromatic N) is 3. The normalized spacial score (nSPS) is 17.9. The van der Waals surface area contributed by atoms with Gasteiger partial charge in [0.25, 0.3) is 17.4 Å². The number of nitrogens with one attached hydrogen (secondary N) is 7. The molecule has 8 amide bonds. The molecule has 3 aliphatic heterocycles. The molecule has 4 aliphatic rings. The molecule has 5 atom stereocenters. The molecular weight excluding hydrogens is 1020 g/mol. The van der Waals surface area contributed by atoms with E-state index in [1.54, 1.807) is 50.2 Å². The number of aliphatic carboxylic acids is 1. The van der Waals surface area contributed by atoms with Crippen LogP contribution in [0.15, 0.2) is 59.4 Å². The number of benzene rings is 2. The van der Waals surface area contributed by atoms with Crippen molar-refractivity contribution in [3.8, 4) is 11.4 Å². The fourth-order valence-corrected chi connectivity index (χ4v) is 9.83. The fraction of sp³-hybridized carbons (Fsp3) is 0.385. The van der Waals surface area contributed by atoms with Gasteiger partial charge in [-0.25, -0.2) is 14.2 Å². The third-order valence-corrected chi connectivity index (χ3v) is 14.0. The predicted octanol–water partition coefficient (Wildman–Crippen LogP) is -1.85. The zero-order valence-electron chi connectivity index (χ0n) is 42.4. The number of rotatable bonds is 22. The van der Waals surface area contributed by atoms with Gasteiger partial charge in [-0.05, 0) is 61.4 Å². The van der Waals surface area contributed by atoms with Crippen molar-refractivity contribution in [2.75, 3.05) is 39.5 Å². The Morgan fingerprint density at radius 1 is 0.872 bits per heavy atom. The molecule has 0 unspecified atom stereocenters. The lowest BCUT2D eigenvalue weighted by molar-refractivity contribution is -0.172. The first-order chi connectivity index (χ1) is 37.2. The summed E-state index contributed by atoms with van der Waals surface area (Å²) in [6, 6.07) is 7.96. The van der Waals surface area contributed by atoms with Gasteiger partial charge in [-0.3, -0.25) is 52.8 Å². The van der Waals surface area contributed by atoms with E-state index in [-0.39, 0.29) is 42.6 Å². The minimum atomic E-state index is -2.07. The molecule has 2 aromatic carbocycles. The first-order valence-corrected chi connectivity index (χ1v) is 24.8. The Labute approximate surface area is 442 Å². The van der Waals surface area contributed by atoms with Gasteiger partial charge in [0.2, 0.25) is 35.4 Å². The average molecular weight is 1080 g/mol. The summed E-state index contributed by atoms with van der Waals surface area (Å²) in [5.41, 5.74) is 1.58.